The molecule has 16 heavy (non-hydrogen) atoms. The largest absolute Gasteiger partial charge is 0.341 e. The van der Waals surface area contributed by atoms with Crippen molar-refractivity contribution in [3.8, 4) is 0 Å². The molecule has 0 aromatic carbocycles. The Morgan fingerprint density at radius 2 is 1.88 bits per heavy atom. The van der Waals surface area contributed by atoms with Gasteiger partial charge in [0.05, 0.1) is 5.75 Å². The Hall–Kier alpha value is -0.510. The van der Waals surface area contributed by atoms with Gasteiger partial charge in [0.2, 0.25) is 5.91 Å². The Kier molecular flexibility index (Phi) is 5.32. The van der Waals surface area contributed by atoms with Gasteiger partial charge in [-0.3, -0.25) is 9.59 Å². The Balaban J connectivity index is 2.27. The third kappa shape index (κ3) is 4.16. The van der Waals surface area contributed by atoms with Crippen LogP contribution in [0.25, 0.3) is 0 Å². The molecule has 0 saturated carbocycles. The maximum atomic E-state index is 11.8. The fraction of sp³-hybridized carbons (Fsp3) is 0.833. The molecule has 0 bridgehead atoms. The van der Waals surface area contributed by atoms with E-state index in [2.05, 4.69) is 20.8 Å². The zero-order chi connectivity index (χ0) is 12.1. The Morgan fingerprint density at radius 1 is 1.31 bits per heavy atom. The van der Waals surface area contributed by atoms with Gasteiger partial charge in [-0.15, -0.1) is 11.8 Å². The number of carbonyl (C=O) groups is 2. The first-order valence-corrected chi connectivity index (χ1v) is 6.96. The highest BCUT2D eigenvalue weighted by Crippen LogP contribution is 2.19. The highest BCUT2D eigenvalue weighted by molar-refractivity contribution is 8.00. The van der Waals surface area contributed by atoms with Gasteiger partial charge in [-0.2, -0.15) is 0 Å². The van der Waals surface area contributed by atoms with Crippen molar-refractivity contribution in [3.05, 3.63) is 0 Å². The number of hydrogen-bond acceptors (Lipinski definition) is 3. The van der Waals surface area contributed by atoms with Gasteiger partial charge in [-0.1, -0.05) is 20.8 Å². The van der Waals surface area contributed by atoms with Gasteiger partial charge in [-0.25, -0.2) is 0 Å². The zero-order valence-electron chi connectivity index (χ0n) is 10.4. The van der Waals surface area contributed by atoms with Gasteiger partial charge in [-0.05, 0) is 5.92 Å². The first-order valence-electron chi connectivity index (χ1n) is 5.91. The highest BCUT2D eigenvalue weighted by atomic mass is 32.2. The summed E-state index contributed by atoms with van der Waals surface area (Å²) in [5.74, 6) is 1.62. The number of thioether (sulfide) groups is 1. The first-order chi connectivity index (χ1) is 7.50. The second-order valence-corrected chi connectivity index (χ2v) is 6.05. The number of ketones is 1. The molecular weight excluding hydrogens is 222 g/mol. The van der Waals surface area contributed by atoms with E-state index in [9.17, 15) is 9.59 Å². The van der Waals surface area contributed by atoms with Crippen LogP contribution in [0, 0.1) is 5.92 Å². The smallest absolute Gasteiger partial charge is 0.232 e. The summed E-state index contributed by atoms with van der Waals surface area (Å²) < 4.78 is 0. The van der Waals surface area contributed by atoms with Crippen molar-refractivity contribution in [3.63, 3.8) is 0 Å². The lowest BCUT2D eigenvalue weighted by Gasteiger charge is -2.26. The van der Waals surface area contributed by atoms with E-state index in [-0.39, 0.29) is 11.7 Å². The van der Waals surface area contributed by atoms with Crippen molar-refractivity contribution in [1.29, 1.82) is 0 Å². The van der Waals surface area contributed by atoms with Crippen LogP contribution in [0.3, 0.4) is 0 Å². The van der Waals surface area contributed by atoms with Crippen molar-refractivity contribution in [2.45, 2.75) is 38.9 Å². The number of rotatable bonds is 4. The molecule has 0 radical (unpaired) electrons. The maximum Gasteiger partial charge on any atom is 0.232 e. The topological polar surface area (TPSA) is 37.4 Å². The van der Waals surface area contributed by atoms with Crippen LogP contribution in [0.15, 0.2) is 0 Å². The van der Waals surface area contributed by atoms with Gasteiger partial charge in [0.1, 0.15) is 5.78 Å². The zero-order valence-corrected chi connectivity index (χ0v) is 11.2. The molecule has 1 heterocycles. The summed E-state index contributed by atoms with van der Waals surface area (Å²) in [6.45, 7) is 7.73. The summed E-state index contributed by atoms with van der Waals surface area (Å²) in [4.78, 5) is 24.7. The van der Waals surface area contributed by atoms with Crippen LogP contribution in [0.4, 0.5) is 0 Å². The fourth-order valence-corrected chi connectivity index (χ4v) is 2.46. The maximum absolute atomic E-state index is 11.8. The third-order valence-electron chi connectivity index (χ3n) is 3.08. The number of carbonyl (C=O) groups excluding carboxylic acids is 2. The Labute approximate surface area is 102 Å². The van der Waals surface area contributed by atoms with Crippen LogP contribution < -0.4 is 0 Å². The summed E-state index contributed by atoms with van der Waals surface area (Å²) in [5.41, 5.74) is 0. The van der Waals surface area contributed by atoms with Crippen LogP contribution in [0.5, 0.6) is 0 Å². The number of likely N-dealkylation sites (tertiary alicyclic amines) is 1. The average molecular weight is 243 g/mol. The minimum Gasteiger partial charge on any atom is -0.341 e. The predicted octanol–water partition coefficient (Wildman–Crippen LogP) is 1.96. The normalized spacial score (nSPS) is 19.0. The lowest BCUT2D eigenvalue weighted by Crippen LogP contribution is -2.39. The molecule has 1 rings (SSSR count). The summed E-state index contributed by atoms with van der Waals surface area (Å²) >= 11 is 1.71. The summed E-state index contributed by atoms with van der Waals surface area (Å²) in [6.07, 6.45) is 1.08. The molecule has 3 nitrogen and oxygen atoms in total. The molecule has 1 saturated heterocycles. The molecule has 0 aliphatic carbocycles. The minimum absolute atomic E-state index is 0.185. The van der Waals surface area contributed by atoms with E-state index in [1.54, 1.807) is 11.8 Å². The van der Waals surface area contributed by atoms with Crippen LogP contribution in [-0.4, -0.2) is 40.7 Å². The molecule has 0 N–H and O–H groups in total. The molecule has 1 atom stereocenters. The van der Waals surface area contributed by atoms with E-state index >= 15 is 0 Å². The fourth-order valence-electron chi connectivity index (χ4n) is 1.49. The van der Waals surface area contributed by atoms with Gasteiger partial charge in [0, 0.05) is 31.2 Å². The van der Waals surface area contributed by atoms with Crippen LogP contribution in [0.2, 0.25) is 0 Å². The number of hydrogen-bond donors (Lipinski definition) is 0. The van der Waals surface area contributed by atoms with Crippen LogP contribution in [-0.2, 0) is 9.59 Å². The quantitative estimate of drug-likeness (QED) is 0.757. The van der Waals surface area contributed by atoms with E-state index in [0.717, 1.165) is 0 Å². The second-order valence-electron chi connectivity index (χ2n) is 4.68. The molecule has 1 aliphatic rings. The molecule has 1 fully saturated rings. The van der Waals surface area contributed by atoms with Gasteiger partial charge >= 0.3 is 0 Å². The van der Waals surface area contributed by atoms with Crippen molar-refractivity contribution >= 4 is 23.5 Å². The third-order valence-corrected chi connectivity index (χ3v) is 4.57. The standard InChI is InChI=1S/C12H21NO2S/c1-9(2)10(3)16-8-12(15)13-6-4-11(14)5-7-13/h9-10H,4-8H2,1-3H3. The highest BCUT2D eigenvalue weighted by Gasteiger charge is 2.21. The number of nitrogens with zero attached hydrogens (tertiary/aromatic N) is 1. The minimum atomic E-state index is 0.185. The molecule has 1 aliphatic heterocycles. The second kappa shape index (κ2) is 6.28. The molecule has 1 amide bonds. The van der Waals surface area contributed by atoms with E-state index in [1.165, 1.54) is 0 Å². The molecule has 0 aromatic rings. The Bertz CT molecular complexity index is 256. The predicted molar refractivity (Wildman–Crippen MR) is 67.6 cm³/mol. The number of amides is 1. The number of piperidine rings is 1. The lowest BCUT2D eigenvalue weighted by atomic mass is 10.1. The van der Waals surface area contributed by atoms with E-state index in [1.807, 2.05) is 4.90 Å². The van der Waals surface area contributed by atoms with Crippen LogP contribution >= 0.6 is 11.8 Å². The van der Waals surface area contributed by atoms with E-state index in [0.29, 0.717) is 42.9 Å². The monoisotopic (exact) mass is 243 g/mol. The lowest BCUT2D eigenvalue weighted by molar-refractivity contribution is -0.132. The molecule has 1 unspecified atom stereocenters. The number of Topliss-reactive ketones (excluding diaryl/α,β-unsaturated/α-hetero) is 1. The van der Waals surface area contributed by atoms with Gasteiger partial charge in [0.15, 0.2) is 0 Å². The summed E-state index contributed by atoms with van der Waals surface area (Å²) in [7, 11) is 0. The van der Waals surface area contributed by atoms with E-state index in [4.69, 9.17) is 0 Å². The van der Waals surface area contributed by atoms with Gasteiger partial charge < -0.3 is 4.90 Å². The average Bonchev–Trinajstić information content (AvgIpc) is 2.26. The summed E-state index contributed by atoms with van der Waals surface area (Å²) in [6, 6.07) is 0. The van der Waals surface area contributed by atoms with Crippen molar-refractivity contribution < 1.29 is 9.59 Å². The first kappa shape index (κ1) is 13.6. The van der Waals surface area contributed by atoms with Crippen LogP contribution in [0.1, 0.15) is 33.6 Å². The van der Waals surface area contributed by atoms with Crippen molar-refractivity contribution in [2.75, 3.05) is 18.8 Å². The van der Waals surface area contributed by atoms with Crippen molar-refractivity contribution in [1.82, 2.24) is 4.90 Å². The Morgan fingerprint density at radius 3 is 2.38 bits per heavy atom. The van der Waals surface area contributed by atoms with Crippen molar-refractivity contribution in [2.24, 2.45) is 5.92 Å². The molecule has 92 valence electrons. The molecule has 4 heteroatoms. The SMILES string of the molecule is CC(C)C(C)SCC(=O)N1CCC(=O)CC1. The molecule has 0 spiro atoms. The summed E-state index contributed by atoms with van der Waals surface area (Å²) in [5, 5.41) is 0.510. The molecular formula is C12H21NO2S. The van der Waals surface area contributed by atoms with E-state index < -0.39 is 0 Å². The molecule has 0 aromatic heterocycles. The van der Waals surface area contributed by atoms with Gasteiger partial charge in [0.25, 0.3) is 0 Å².